The van der Waals surface area contributed by atoms with Gasteiger partial charge in [-0.25, -0.2) is 0 Å². The number of quaternary nitrogens is 1. The Kier molecular flexibility index (Phi) is 52.5. The first kappa shape index (κ1) is 69.2. The molecule has 0 bridgehead atoms. The molecule has 0 aliphatic carbocycles. The topological polar surface area (TPSA) is 108 Å². The summed E-state index contributed by atoms with van der Waals surface area (Å²) < 4.78 is 23.5. The van der Waals surface area contributed by atoms with Gasteiger partial charge in [0, 0.05) is 6.42 Å². The Hall–Kier alpha value is -0.760. The fraction of sp³-hybridized carbons (Fsp3) is 0.951. The van der Waals surface area contributed by atoms with Gasteiger partial charge in [-0.15, -0.1) is 0 Å². The molecule has 0 spiro atoms. The average molecular weight is 1010 g/mol. The van der Waals surface area contributed by atoms with E-state index in [1.807, 2.05) is 21.1 Å². The van der Waals surface area contributed by atoms with Crippen LogP contribution in [0.2, 0.25) is 0 Å². The second-order valence-corrected chi connectivity index (χ2v) is 24.2. The number of likely N-dealkylation sites (N-methyl/N-ethyl adjacent to an activating group) is 1. The summed E-state index contributed by atoms with van der Waals surface area (Å²) in [7, 11) is 1.32. The molecule has 0 saturated heterocycles. The minimum Gasteiger partial charge on any atom is -0.756 e. The van der Waals surface area contributed by atoms with Gasteiger partial charge in [0.15, 0.2) is 0 Å². The Labute approximate surface area is 437 Å². The summed E-state index contributed by atoms with van der Waals surface area (Å²) in [4.78, 5) is 25.6. The molecule has 0 aromatic heterocycles. The van der Waals surface area contributed by atoms with Gasteiger partial charge in [-0.2, -0.15) is 0 Å². The molecule has 70 heavy (non-hydrogen) atoms. The van der Waals surface area contributed by atoms with Crippen molar-refractivity contribution >= 4 is 13.7 Å². The second kappa shape index (κ2) is 53.1. The quantitative estimate of drug-likeness (QED) is 0.0272. The summed E-state index contributed by atoms with van der Waals surface area (Å²) in [6, 6.07) is -0.798. The van der Waals surface area contributed by atoms with Crippen LogP contribution in [0.25, 0.3) is 0 Å². The highest BCUT2D eigenvalue weighted by atomic mass is 31.2. The lowest BCUT2D eigenvalue weighted by molar-refractivity contribution is -0.870. The van der Waals surface area contributed by atoms with Crippen molar-refractivity contribution in [2.24, 2.45) is 0 Å². The third-order valence-electron chi connectivity index (χ3n) is 14.5. The van der Waals surface area contributed by atoms with Crippen molar-refractivity contribution in [3.63, 3.8) is 0 Å². The molecule has 9 heteroatoms. The number of nitrogens with zero attached hydrogens (tertiary/aromatic N) is 1. The van der Waals surface area contributed by atoms with Crippen molar-refractivity contribution in [2.75, 3.05) is 40.9 Å². The minimum atomic E-state index is -4.57. The van der Waals surface area contributed by atoms with E-state index in [-0.39, 0.29) is 19.1 Å². The monoisotopic (exact) mass is 1010 g/mol. The van der Waals surface area contributed by atoms with E-state index in [2.05, 4.69) is 31.3 Å². The third kappa shape index (κ3) is 55.0. The molecule has 0 aromatic carbocycles. The molecule has 2 N–H and O–H groups in total. The van der Waals surface area contributed by atoms with Crippen LogP contribution in [0, 0.1) is 0 Å². The van der Waals surface area contributed by atoms with Crippen LogP contribution in [0.15, 0.2) is 12.2 Å². The lowest BCUT2D eigenvalue weighted by atomic mass is 10.0. The summed E-state index contributed by atoms with van der Waals surface area (Å²) in [6.07, 6.45) is 65.4. The van der Waals surface area contributed by atoms with Crippen LogP contribution in [0.5, 0.6) is 0 Å². The van der Waals surface area contributed by atoms with E-state index in [1.54, 1.807) is 0 Å². The number of unbranched alkanes of at least 4 members (excludes halogenated alkanes) is 43. The lowest BCUT2D eigenvalue weighted by Gasteiger charge is -2.30. The molecule has 1 amide bonds. The van der Waals surface area contributed by atoms with Gasteiger partial charge in [-0.05, 0) is 38.5 Å². The van der Waals surface area contributed by atoms with Crippen LogP contribution in [0.1, 0.15) is 322 Å². The zero-order chi connectivity index (χ0) is 51.3. The smallest absolute Gasteiger partial charge is 0.268 e. The first-order valence-corrected chi connectivity index (χ1v) is 32.5. The highest BCUT2D eigenvalue weighted by Crippen LogP contribution is 2.38. The number of carbonyl (C=O) groups excluding carboxylic acids is 1. The molecule has 0 rings (SSSR count). The maximum Gasteiger partial charge on any atom is 0.268 e. The SMILES string of the molecule is CCCCCCCCCCCCCC/C=C\CCCCCCCCCCCCCCC(=O)NC(COP(=O)([O-])OCC[N+](C)(C)C)C(O)CCCCCCCCCCCCCCCCCCCCCC. The maximum atomic E-state index is 13.0. The van der Waals surface area contributed by atoms with E-state index in [4.69, 9.17) is 9.05 Å². The standard InChI is InChI=1S/C61H123N2O6P/c1-6-8-10-12-14-16-18-20-22-24-26-28-29-30-31-32-33-34-35-37-39-41-43-45-47-49-51-53-55-61(65)62-59(58-69-70(66,67)68-57-56-63(3,4)5)60(64)54-52-50-48-46-44-42-40-38-36-27-25-23-21-19-17-15-13-11-9-7-2/h30-31,59-60,64H,6-29,32-58H2,1-5H3,(H-,62,65,66,67)/b31-30-. The first-order chi connectivity index (χ1) is 34.0. The van der Waals surface area contributed by atoms with Gasteiger partial charge in [0.2, 0.25) is 5.91 Å². The predicted octanol–water partition coefficient (Wildman–Crippen LogP) is 18.4. The van der Waals surface area contributed by atoms with Gasteiger partial charge >= 0.3 is 0 Å². The molecular formula is C61H123N2O6P. The number of hydrogen-bond acceptors (Lipinski definition) is 6. The molecule has 0 aliphatic rings. The average Bonchev–Trinajstić information content (AvgIpc) is 3.32. The van der Waals surface area contributed by atoms with Crippen LogP contribution < -0.4 is 10.2 Å². The molecule has 0 saturated carbocycles. The fourth-order valence-electron chi connectivity index (χ4n) is 9.63. The molecule has 0 aromatic rings. The number of nitrogens with one attached hydrogen (secondary N) is 1. The van der Waals surface area contributed by atoms with E-state index in [9.17, 15) is 19.4 Å². The van der Waals surface area contributed by atoms with Crippen molar-refractivity contribution in [3.05, 3.63) is 12.2 Å². The first-order valence-electron chi connectivity index (χ1n) is 31.0. The summed E-state index contributed by atoms with van der Waals surface area (Å²) >= 11 is 0. The number of phosphoric acid groups is 1. The molecule has 0 radical (unpaired) electrons. The van der Waals surface area contributed by atoms with Gasteiger partial charge < -0.3 is 28.8 Å². The van der Waals surface area contributed by atoms with Gasteiger partial charge in [0.05, 0.1) is 39.9 Å². The fourth-order valence-corrected chi connectivity index (χ4v) is 10.4. The summed E-state index contributed by atoms with van der Waals surface area (Å²) in [5.41, 5.74) is 0. The summed E-state index contributed by atoms with van der Waals surface area (Å²) in [6.45, 7) is 4.78. The Bertz CT molecular complexity index is 1150. The maximum absolute atomic E-state index is 13.0. The number of phosphoric ester groups is 1. The van der Waals surface area contributed by atoms with Gasteiger partial charge in [-0.3, -0.25) is 9.36 Å². The second-order valence-electron chi connectivity index (χ2n) is 22.8. The molecule has 8 nitrogen and oxygen atoms in total. The molecular weight excluding hydrogens is 888 g/mol. The van der Waals surface area contributed by atoms with E-state index in [1.165, 1.54) is 257 Å². The molecule has 0 fully saturated rings. The number of carbonyl (C=O) groups is 1. The minimum absolute atomic E-state index is 0.0150. The molecule has 418 valence electrons. The van der Waals surface area contributed by atoms with Crippen molar-refractivity contribution < 1.29 is 32.9 Å². The normalized spacial score (nSPS) is 13.9. The van der Waals surface area contributed by atoms with Crippen molar-refractivity contribution in [1.29, 1.82) is 0 Å². The van der Waals surface area contributed by atoms with E-state index in [0.29, 0.717) is 23.9 Å². The largest absolute Gasteiger partial charge is 0.756 e. The van der Waals surface area contributed by atoms with Gasteiger partial charge in [0.1, 0.15) is 13.2 Å². The number of amides is 1. The third-order valence-corrected chi connectivity index (χ3v) is 15.5. The number of allylic oxidation sites excluding steroid dienone is 2. The van der Waals surface area contributed by atoms with Gasteiger partial charge in [-0.1, -0.05) is 289 Å². The van der Waals surface area contributed by atoms with E-state index >= 15 is 0 Å². The van der Waals surface area contributed by atoms with E-state index in [0.717, 1.165) is 38.5 Å². The number of hydrogen-bond donors (Lipinski definition) is 2. The summed E-state index contributed by atoms with van der Waals surface area (Å²) in [5, 5.41) is 14.1. The Morgan fingerprint density at radius 2 is 0.786 bits per heavy atom. The number of aliphatic hydroxyl groups is 1. The van der Waals surface area contributed by atoms with Crippen molar-refractivity contribution in [1.82, 2.24) is 5.32 Å². The molecule has 3 atom stereocenters. The highest BCUT2D eigenvalue weighted by molar-refractivity contribution is 7.45. The predicted molar refractivity (Wildman–Crippen MR) is 302 cm³/mol. The Morgan fingerprint density at radius 3 is 1.11 bits per heavy atom. The Balaban J connectivity index is 4.07. The zero-order valence-electron chi connectivity index (χ0n) is 47.8. The van der Waals surface area contributed by atoms with Crippen LogP contribution in [-0.4, -0.2) is 68.5 Å². The van der Waals surface area contributed by atoms with Crippen LogP contribution in [0.3, 0.4) is 0 Å². The molecule has 3 unspecified atom stereocenters. The molecule has 0 aliphatic heterocycles. The van der Waals surface area contributed by atoms with Crippen LogP contribution in [-0.2, 0) is 18.4 Å². The van der Waals surface area contributed by atoms with Crippen LogP contribution >= 0.6 is 7.82 Å². The molecule has 0 heterocycles. The zero-order valence-corrected chi connectivity index (χ0v) is 48.6. The van der Waals surface area contributed by atoms with Crippen LogP contribution in [0.4, 0.5) is 0 Å². The lowest BCUT2D eigenvalue weighted by Crippen LogP contribution is -2.46. The van der Waals surface area contributed by atoms with Crippen molar-refractivity contribution in [2.45, 2.75) is 334 Å². The highest BCUT2D eigenvalue weighted by Gasteiger charge is 2.24. The summed E-state index contributed by atoms with van der Waals surface area (Å²) in [5.74, 6) is -0.159. The Morgan fingerprint density at radius 1 is 0.486 bits per heavy atom. The van der Waals surface area contributed by atoms with Crippen molar-refractivity contribution in [3.8, 4) is 0 Å². The van der Waals surface area contributed by atoms with E-state index < -0.39 is 20.0 Å². The number of rotatable bonds is 58. The number of aliphatic hydroxyl groups excluding tert-OH is 1. The van der Waals surface area contributed by atoms with Gasteiger partial charge in [0.25, 0.3) is 7.82 Å².